The number of para-hydroxylation sites is 2. The molecule has 4 aromatic carbocycles. The Morgan fingerprint density at radius 2 is 1.00 bits per heavy atom. The summed E-state index contributed by atoms with van der Waals surface area (Å²) in [5.41, 5.74) is 9.39. The first-order chi connectivity index (χ1) is 21.6. The lowest BCUT2D eigenvalue weighted by Gasteiger charge is -2.33. The third-order valence-electron chi connectivity index (χ3n) is 10.4. The minimum atomic E-state index is 0.129. The van der Waals surface area contributed by atoms with E-state index in [9.17, 15) is 0 Å². The molecule has 0 aliphatic carbocycles. The Balaban J connectivity index is 1.84. The van der Waals surface area contributed by atoms with Crippen molar-refractivity contribution in [1.29, 1.82) is 0 Å². The lowest BCUT2D eigenvalue weighted by atomic mass is 9.74. The van der Waals surface area contributed by atoms with Gasteiger partial charge in [-0.15, -0.1) is 0 Å². The highest BCUT2D eigenvalue weighted by atomic mass is 15.1. The second-order valence-corrected chi connectivity index (χ2v) is 14.7. The minimum Gasteiger partial charge on any atom is -0.310 e. The number of hydrogen-bond acceptors (Lipinski definition) is 1. The molecule has 0 spiro atoms. The summed E-state index contributed by atoms with van der Waals surface area (Å²) in [6.45, 7) is 19.0. The Labute approximate surface area is 276 Å². The molecule has 0 aromatic heterocycles. The average molecular weight is 602 g/mol. The van der Waals surface area contributed by atoms with Gasteiger partial charge < -0.3 is 4.90 Å². The summed E-state index contributed by atoms with van der Waals surface area (Å²) < 4.78 is 0. The van der Waals surface area contributed by atoms with Gasteiger partial charge in [-0.25, -0.2) is 0 Å². The van der Waals surface area contributed by atoms with E-state index >= 15 is 0 Å². The van der Waals surface area contributed by atoms with Crippen LogP contribution in [0.5, 0.6) is 0 Å². The lowest BCUT2D eigenvalue weighted by molar-refractivity contribution is 0.382. The van der Waals surface area contributed by atoms with Crippen molar-refractivity contribution in [3.05, 3.63) is 114 Å². The van der Waals surface area contributed by atoms with Gasteiger partial charge in [-0.3, -0.25) is 0 Å². The van der Waals surface area contributed by atoms with Gasteiger partial charge in [0.25, 0.3) is 0 Å². The maximum Gasteiger partial charge on any atom is 0.0542 e. The van der Waals surface area contributed by atoms with Crippen molar-refractivity contribution in [3.63, 3.8) is 0 Å². The van der Waals surface area contributed by atoms with Crippen LogP contribution in [0.1, 0.15) is 118 Å². The molecular weight excluding hydrogens is 542 g/mol. The molecule has 4 aromatic rings. The van der Waals surface area contributed by atoms with Crippen LogP contribution in [0, 0.1) is 11.8 Å². The molecule has 2 atom stereocenters. The quantitative estimate of drug-likeness (QED) is 0.123. The number of anilines is 3. The Kier molecular flexibility index (Phi) is 12.1. The van der Waals surface area contributed by atoms with E-state index in [1.807, 2.05) is 0 Å². The van der Waals surface area contributed by atoms with Gasteiger partial charge in [0.05, 0.1) is 5.69 Å². The van der Waals surface area contributed by atoms with E-state index in [2.05, 4.69) is 163 Å². The monoisotopic (exact) mass is 601 g/mol. The van der Waals surface area contributed by atoms with E-state index in [-0.39, 0.29) is 10.8 Å². The molecule has 0 bridgehead atoms. The summed E-state index contributed by atoms with van der Waals surface area (Å²) in [4.78, 5) is 2.46. The minimum absolute atomic E-state index is 0.129. The van der Waals surface area contributed by atoms with Crippen LogP contribution in [0.15, 0.2) is 103 Å². The maximum atomic E-state index is 2.50. The standard InChI is InChI=1S/C44H59N/c1-9-43(7,31-17-19-34(3)4)37-27-25-36(26-28-37)41-30-29-38(44(8,10-2)32-18-20-35(5)6)33-42(41)45(39-21-13-11-14-22-39)40-23-15-12-16-24-40/h11-16,21-30,33-35H,9-10,17-20,31-32H2,1-8H3. The Hall–Kier alpha value is -3.32. The van der Waals surface area contributed by atoms with Crippen molar-refractivity contribution in [1.82, 2.24) is 0 Å². The Morgan fingerprint density at radius 1 is 0.556 bits per heavy atom. The van der Waals surface area contributed by atoms with E-state index in [0.717, 1.165) is 24.7 Å². The first-order valence-corrected chi connectivity index (χ1v) is 17.8. The van der Waals surface area contributed by atoms with Crippen molar-refractivity contribution in [2.45, 2.75) is 118 Å². The van der Waals surface area contributed by atoms with Gasteiger partial charge >= 0.3 is 0 Å². The molecule has 45 heavy (non-hydrogen) atoms. The van der Waals surface area contributed by atoms with Gasteiger partial charge in [0.15, 0.2) is 0 Å². The smallest absolute Gasteiger partial charge is 0.0542 e. The normalized spacial score (nSPS) is 14.4. The van der Waals surface area contributed by atoms with Gasteiger partial charge in [-0.1, -0.05) is 154 Å². The summed E-state index contributed by atoms with van der Waals surface area (Å²) in [6, 6.07) is 38.6. The number of rotatable bonds is 16. The summed E-state index contributed by atoms with van der Waals surface area (Å²) in [5.74, 6) is 1.50. The molecule has 2 unspecified atom stereocenters. The first kappa shape index (κ1) is 34.6. The SMILES string of the molecule is CCC(C)(CCCC(C)C)c1ccc(-c2ccc(C(C)(CC)CCCC(C)C)cc2N(c2ccccc2)c2ccccc2)cc1. The Morgan fingerprint density at radius 3 is 1.44 bits per heavy atom. The van der Waals surface area contributed by atoms with Crippen molar-refractivity contribution < 1.29 is 0 Å². The highest BCUT2D eigenvalue weighted by Gasteiger charge is 2.28. The molecule has 0 amide bonds. The molecule has 1 nitrogen and oxygen atoms in total. The van der Waals surface area contributed by atoms with Crippen LogP contribution >= 0.6 is 0 Å². The Bertz CT molecular complexity index is 1400. The average Bonchev–Trinajstić information content (AvgIpc) is 3.05. The molecule has 0 radical (unpaired) electrons. The van der Waals surface area contributed by atoms with Crippen LogP contribution in [0.2, 0.25) is 0 Å². The van der Waals surface area contributed by atoms with Gasteiger partial charge in [-0.05, 0) is 95.4 Å². The molecule has 0 heterocycles. The predicted molar refractivity (Wildman–Crippen MR) is 199 cm³/mol. The second kappa shape index (κ2) is 15.8. The van der Waals surface area contributed by atoms with Crippen LogP contribution in [0.3, 0.4) is 0 Å². The van der Waals surface area contributed by atoms with Gasteiger partial charge in [0, 0.05) is 16.9 Å². The topological polar surface area (TPSA) is 3.24 Å². The molecule has 0 aliphatic rings. The third-order valence-corrected chi connectivity index (χ3v) is 10.4. The van der Waals surface area contributed by atoms with E-state index in [1.165, 1.54) is 77.8 Å². The maximum absolute atomic E-state index is 2.50. The van der Waals surface area contributed by atoms with Crippen LogP contribution in [0.4, 0.5) is 17.1 Å². The van der Waals surface area contributed by atoms with Crippen LogP contribution in [-0.2, 0) is 10.8 Å². The van der Waals surface area contributed by atoms with Crippen molar-refractivity contribution in [2.24, 2.45) is 11.8 Å². The first-order valence-electron chi connectivity index (χ1n) is 17.8. The molecule has 0 saturated carbocycles. The number of nitrogens with zero attached hydrogens (tertiary/aromatic N) is 1. The highest BCUT2D eigenvalue weighted by Crippen LogP contribution is 2.45. The zero-order chi connectivity index (χ0) is 32.5. The van der Waals surface area contributed by atoms with Crippen molar-refractivity contribution >= 4 is 17.1 Å². The number of hydrogen-bond donors (Lipinski definition) is 0. The lowest BCUT2D eigenvalue weighted by Crippen LogP contribution is -2.22. The van der Waals surface area contributed by atoms with Crippen LogP contribution < -0.4 is 4.90 Å². The summed E-state index contributed by atoms with van der Waals surface area (Å²) >= 11 is 0. The second-order valence-electron chi connectivity index (χ2n) is 14.7. The molecule has 0 N–H and O–H groups in total. The van der Waals surface area contributed by atoms with E-state index in [0.29, 0.717) is 0 Å². The summed E-state index contributed by atoms with van der Waals surface area (Å²) in [6.07, 6.45) is 9.85. The molecule has 0 saturated heterocycles. The van der Waals surface area contributed by atoms with Crippen molar-refractivity contribution in [2.75, 3.05) is 4.90 Å². The largest absolute Gasteiger partial charge is 0.310 e. The van der Waals surface area contributed by atoms with E-state index < -0.39 is 0 Å². The van der Waals surface area contributed by atoms with Gasteiger partial charge in [-0.2, -0.15) is 0 Å². The summed E-state index contributed by atoms with van der Waals surface area (Å²) in [5, 5.41) is 0. The van der Waals surface area contributed by atoms with Gasteiger partial charge in [0.1, 0.15) is 0 Å². The molecule has 0 aliphatic heterocycles. The zero-order valence-corrected chi connectivity index (χ0v) is 29.6. The molecule has 240 valence electrons. The van der Waals surface area contributed by atoms with Crippen LogP contribution in [-0.4, -0.2) is 0 Å². The molecule has 0 fully saturated rings. The predicted octanol–water partition coefficient (Wildman–Crippen LogP) is 13.8. The molecule has 4 rings (SSSR count). The van der Waals surface area contributed by atoms with E-state index in [1.54, 1.807) is 0 Å². The fraction of sp³-hybridized carbons (Fsp3) is 0.455. The molecular formula is C44H59N. The third kappa shape index (κ3) is 8.69. The number of benzene rings is 4. The van der Waals surface area contributed by atoms with Crippen LogP contribution in [0.25, 0.3) is 11.1 Å². The van der Waals surface area contributed by atoms with Crippen molar-refractivity contribution in [3.8, 4) is 11.1 Å². The fourth-order valence-electron chi connectivity index (χ4n) is 6.82. The van der Waals surface area contributed by atoms with Gasteiger partial charge in [0.2, 0.25) is 0 Å². The molecule has 1 heteroatoms. The summed E-state index contributed by atoms with van der Waals surface area (Å²) in [7, 11) is 0. The fourth-order valence-corrected chi connectivity index (χ4v) is 6.82. The van der Waals surface area contributed by atoms with E-state index in [4.69, 9.17) is 0 Å². The highest BCUT2D eigenvalue weighted by molar-refractivity contribution is 5.88. The zero-order valence-electron chi connectivity index (χ0n) is 29.6.